The van der Waals surface area contributed by atoms with E-state index in [0.717, 1.165) is 60.1 Å². The molecule has 4 heterocycles. The fourth-order valence-electron chi connectivity index (χ4n) is 4.19. The van der Waals surface area contributed by atoms with Gasteiger partial charge in [-0.1, -0.05) is 0 Å². The first-order valence-electron chi connectivity index (χ1n) is 9.14. The van der Waals surface area contributed by atoms with E-state index >= 15 is 0 Å². The molecule has 2 atom stereocenters. The van der Waals surface area contributed by atoms with Crippen molar-refractivity contribution in [3.05, 3.63) is 29.3 Å². The number of fused-ring (bicyclic) bond motifs is 3. The quantitative estimate of drug-likeness (QED) is 0.788. The molecule has 2 fully saturated rings. The second kappa shape index (κ2) is 8.86. The molecule has 5 rings (SSSR count). The molecule has 1 N–H and O–H groups in total. The molecule has 2 saturated heterocycles. The number of nitrogens with one attached hydrogen (secondary N) is 1. The Morgan fingerprint density at radius 1 is 1.18 bits per heavy atom. The van der Waals surface area contributed by atoms with Crippen LogP contribution in [0.3, 0.4) is 0 Å². The number of rotatable bonds is 3. The molecule has 1 amide bonds. The molecule has 0 spiro atoms. The van der Waals surface area contributed by atoms with Crippen molar-refractivity contribution in [1.29, 1.82) is 0 Å². The number of carbonyl (C=O) groups is 1. The molecular weight excluding hydrogens is 421 g/mol. The molecule has 0 aliphatic carbocycles. The maximum atomic E-state index is 12.9. The van der Waals surface area contributed by atoms with E-state index in [1.165, 1.54) is 0 Å². The van der Waals surface area contributed by atoms with Gasteiger partial charge in [-0.15, -0.1) is 36.2 Å². The van der Waals surface area contributed by atoms with Crippen LogP contribution < -0.4 is 14.8 Å². The first-order valence-corrected chi connectivity index (χ1v) is 10.0. The van der Waals surface area contributed by atoms with Crippen LogP contribution in [0, 0.1) is 0 Å². The number of amides is 1. The fraction of sp³-hybridized carbons (Fsp3) is 0.474. The van der Waals surface area contributed by atoms with Gasteiger partial charge in [0.1, 0.15) is 5.01 Å². The zero-order valence-electron chi connectivity index (χ0n) is 15.3. The minimum absolute atomic E-state index is 0. The Hall–Kier alpha value is -1.54. The Bertz CT molecular complexity index is 834. The average Bonchev–Trinajstić information content (AvgIpc) is 3.32. The van der Waals surface area contributed by atoms with E-state index in [0.29, 0.717) is 18.5 Å². The minimum Gasteiger partial charge on any atom is -0.454 e. The summed E-state index contributed by atoms with van der Waals surface area (Å²) in [4.78, 5) is 19.7. The van der Waals surface area contributed by atoms with Gasteiger partial charge in [-0.3, -0.25) is 4.79 Å². The maximum absolute atomic E-state index is 12.9. The van der Waals surface area contributed by atoms with E-state index in [1.807, 2.05) is 23.6 Å². The monoisotopic (exact) mass is 443 g/mol. The number of aromatic nitrogens is 1. The lowest BCUT2D eigenvalue weighted by molar-refractivity contribution is -0.133. The average molecular weight is 444 g/mol. The topological polar surface area (TPSA) is 63.7 Å². The van der Waals surface area contributed by atoms with E-state index in [9.17, 15) is 4.79 Å². The molecule has 1 aromatic heterocycles. The third-order valence-electron chi connectivity index (χ3n) is 5.45. The first kappa shape index (κ1) is 21.2. The summed E-state index contributed by atoms with van der Waals surface area (Å²) in [6.45, 7) is 2.20. The van der Waals surface area contributed by atoms with E-state index in [2.05, 4.69) is 10.2 Å². The summed E-state index contributed by atoms with van der Waals surface area (Å²) in [6.07, 6.45) is 3.69. The maximum Gasteiger partial charge on any atom is 0.231 e. The number of nitrogens with zero attached hydrogens (tertiary/aromatic N) is 2. The molecule has 2 bridgehead atoms. The van der Waals surface area contributed by atoms with Gasteiger partial charge in [0.15, 0.2) is 11.5 Å². The van der Waals surface area contributed by atoms with Crippen molar-refractivity contribution < 1.29 is 14.3 Å². The van der Waals surface area contributed by atoms with Crippen LogP contribution in [0.25, 0.3) is 10.6 Å². The third-order valence-corrected chi connectivity index (χ3v) is 6.39. The SMILES string of the molecule is Cl.Cl.O=C(Cc1csc(-c2ccc3c(c2)OCO3)n1)N1C2CCNCC1CC2. The van der Waals surface area contributed by atoms with Gasteiger partial charge in [-0.25, -0.2) is 4.98 Å². The van der Waals surface area contributed by atoms with Gasteiger partial charge >= 0.3 is 0 Å². The lowest BCUT2D eigenvalue weighted by Gasteiger charge is -2.27. The molecule has 3 aliphatic rings. The molecule has 1 aromatic carbocycles. The van der Waals surface area contributed by atoms with Crippen LogP contribution in [-0.2, 0) is 11.2 Å². The van der Waals surface area contributed by atoms with Gasteiger partial charge in [-0.2, -0.15) is 0 Å². The van der Waals surface area contributed by atoms with Crippen LogP contribution in [0.2, 0.25) is 0 Å². The van der Waals surface area contributed by atoms with Crippen molar-refractivity contribution in [1.82, 2.24) is 15.2 Å². The number of carbonyl (C=O) groups excluding carboxylic acids is 1. The summed E-state index contributed by atoms with van der Waals surface area (Å²) in [7, 11) is 0. The third kappa shape index (κ3) is 3.94. The number of benzene rings is 1. The molecule has 2 aromatic rings. The normalized spacial score (nSPS) is 22.2. The van der Waals surface area contributed by atoms with E-state index in [-0.39, 0.29) is 37.5 Å². The van der Waals surface area contributed by atoms with Crippen molar-refractivity contribution in [2.45, 2.75) is 37.8 Å². The summed E-state index contributed by atoms with van der Waals surface area (Å²) < 4.78 is 10.8. The van der Waals surface area contributed by atoms with Crippen molar-refractivity contribution in [3.8, 4) is 22.1 Å². The van der Waals surface area contributed by atoms with Crippen LogP contribution in [0.5, 0.6) is 11.5 Å². The van der Waals surface area contributed by atoms with Crippen LogP contribution >= 0.6 is 36.2 Å². The lowest BCUT2D eigenvalue weighted by atomic mass is 10.1. The largest absolute Gasteiger partial charge is 0.454 e. The minimum atomic E-state index is 0. The van der Waals surface area contributed by atoms with Gasteiger partial charge in [0.05, 0.1) is 12.1 Å². The summed E-state index contributed by atoms with van der Waals surface area (Å²) >= 11 is 1.57. The fourth-order valence-corrected chi connectivity index (χ4v) is 5.00. The molecule has 0 saturated carbocycles. The number of hydrogen-bond donors (Lipinski definition) is 1. The summed E-state index contributed by atoms with van der Waals surface area (Å²) in [5.41, 5.74) is 1.85. The first-order chi connectivity index (χ1) is 12.8. The van der Waals surface area contributed by atoms with E-state index in [4.69, 9.17) is 14.5 Å². The van der Waals surface area contributed by atoms with Crippen molar-refractivity contribution in [2.75, 3.05) is 19.9 Å². The predicted molar refractivity (Wildman–Crippen MR) is 113 cm³/mol. The van der Waals surface area contributed by atoms with Crippen LogP contribution in [0.1, 0.15) is 25.0 Å². The van der Waals surface area contributed by atoms with E-state index in [1.54, 1.807) is 11.3 Å². The lowest BCUT2D eigenvalue weighted by Crippen LogP contribution is -2.43. The number of halogens is 2. The van der Waals surface area contributed by atoms with Crippen molar-refractivity contribution >= 4 is 42.1 Å². The highest BCUT2D eigenvalue weighted by molar-refractivity contribution is 7.13. The van der Waals surface area contributed by atoms with Crippen molar-refractivity contribution in [3.63, 3.8) is 0 Å². The molecular formula is C19H23Cl2N3O3S. The van der Waals surface area contributed by atoms with E-state index < -0.39 is 0 Å². The zero-order valence-corrected chi connectivity index (χ0v) is 17.7. The number of thiazole rings is 1. The second-order valence-corrected chi connectivity index (χ2v) is 7.93. The molecule has 2 unspecified atom stereocenters. The van der Waals surface area contributed by atoms with Gasteiger partial charge in [0.2, 0.25) is 12.7 Å². The predicted octanol–water partition coefficient (Wildman–Crippen LogP) is 3.28. The molecule has 0 radical (unpaired) electrons. The number of hydrogen-bond acceptors (Lipinski definition) is 6. The summed E-state index contributed by atoms with van der Waals surface area (Å²) in [6, 6.07) is 6.59. The Morgan fingerprint density at radius 2 is 2.00 bits per heavy atom. The highest BCUT2D eigenvalue weighted by Gasteiger charge is 2.37. The van der Waals surface area contributed by atoms with Crippen LogP contribution in [0.4, 0.5) is 0 Å². The molecule has 3 aliphatic heterocycles. The Kier molecular flexibility index (Phi) is 6.70. The summed E-state index contributed by atoms with van der Waals surface area (Å²) in [5, 5.41) is 6.35. The van der Waals surface area contributed by atoms with Crippen LogP contribution in [-0.4, -0.2) is 47.8 Å². The standard InChI is InChI=1S/C19H21N3O3S.2ClH/c23-18(22-14-2-3-15(22)9-20-6-5-14)8-13-10-26-19(21-13)12-1-4-16-17(7-12)25-11-24-16;;/h1,4,7,10,14-15,20H,2-3,5-6,8-9,11H2;2*1H. The second-order valence-electron chi connectivity index (χ2n) is 7.07. The Balaban J connectivity index is 0.00000112. The molecule has 6 nitrogen and oxygen atoms in total. The van der Waals surface area contributed by atoms with Gasteiger partial charge in [0, 0.05) is 29.6 Å². The van der Waals surface area contributed by atoms with Crippen molar-refractivity contribution in [2.24, 2.45) is 0 Å². The smallest absolute Gasteiger partial charge is 0.231 e. The molecule has 28 heavy (non-hydrogen) atoms. The summed E-state index contributed by atoms with van der Waals surface area (Å²) in [5.74, 6) is 1.73. The van der Waals surface area contributed by atoms with Gasteiger partial charge in [0.25, 0.3) is 0 Å². The number of ether oxygens (including phenoxy) is 2. The highest BCUT2D eigenvalue weighted by Crippen LogP contribution is 2.37. The molecule has 152 valence electrons. The highest BCUT2D eigenvalue weighted by atomic mass is 35.5. The Morgan fingerprint density at radius 3 is 2.89 bits per heavy atom. The molecule has 9 heteroatoms. The Labute approximate surface area is 180 Å². The van der Waals surface area contributed by atoms with Crippen LogP contribution in [0.15, 0.2) is 23.6 Å². The zero-order chi connectivity index (χ0) is 17.5. The van der Waals surface area contributed by atoms with Gasteiger partial charge < -0.3 is 19.7 Å². The van der Waals surface area contributed by atoms with Gasteiger partial charge in [-0.05, 0) is 44.0 Å².